The molecule has 1 fully saturated rings. The van der Waals surface area contributed by atoms with Crippen LogP contribution in [0.15, 0.2) is 72.8 Å². The van der Waals surface area contributed by atoms with Crippen LogP contribution in [-0.4, -0.2) is 68.1 Å². The molecule has 0 unspecified atom stereocenters. The minimum Gasteiger partial charge on any atom is -0.497 e. The fourth-order valence-electron chi connectivity index (χ4n) is 4.09. The third-order valence-corrected chi connectivity index (χ3v) is 6.16. The number of methoxy groups -OCH3 is 1. The van der Waals surface area contributed by atoms with Crippen molar-refractivity contribution in [3.8, 4) is 11.5 Å². The molecule has 1 saturated heterocycles. The lowest BCUT2D eigenvalue weighted by Crippen LogP contribution is -2.49. The monoisotopic (exact) mass is 491 g/mol. The molecule has 0 atom stereocenters. The van der Waals surface area contributed by atoms with E-state index < -0.39 is 11.7 Å². The molecule has 188 valence electrons. The van der Waals surface area contributed by atoms with Crippen LogP contribution in [0.4, 0.5) is 10.1 Å². The van der Waals surface area contributed by atoms with E-state index in [-0.39, 0.29) is 18.2 Å². The van der Waals surface area contributed by atoms with E-state index in [2.05, 4.69) is 22.3 Å². The van der Waals surface area contributed by atoms with Crippen LogP contribution >= 0.6 is 0 Å². The molecule has 0 saturated carbocycles. The van der Waals surface area contributed by atoms with Crippen LogP contribution in [0.5, 0.6) is 11.5 Å². The summed E-state index contributed by atoms with van der Waals surface area (Å²) in [5.74, 6) is 0.0151. The average Bonchev–Trinajstić information content (AvgIpc) is 2.92. The summed E-state index contributed by atoms with van der Waals surface area (Å²) in [6, 6.07) is 20.9. The Balaban J connectivity index is 1.27. The predicted octanol–water partition coefficient (Wildman–Crippen LogP) is 3.85. The van der Waals surface area contributed by atoms with Crippen LogP contribution in [0.3, 0.4) is 0 Å². The fourth-order valence-corrected chi connectivity index (χ4v) is 4.09. The Morgan fingerprint density at radius 2 is 1.61 bits per heavy atom. The van der Waals surface area contributed by atoms with E-state index in [1.165, 1.54) is 17.7 Å². The Hall–Kier alpha value is -3.91. The van der Waals surface area contributed by atoms with E-state index in [1.807, 2.05) is 17.0 Å². The number of amides is 2. The highest BCUT2D eigenvalue weighted by Crippen LogP contribution is 2.21. The van der Waals surface area contributed by atoms with E-state index >= 15 is 0 Å². The number of nitrogens with one attached hydrogen (secondary N) is 1. The summed E-state index contributed by atoms with van der Waals surface area (Å²) in [6.07, 6.45) is 0.934. The van der Waals surface area contributed by atoms with Crippen molar-refractivity contribution >= 4 is 17.5 Å². The summed E-state index contributed by atoms with van der Waals surface area (Å²) in [4.78, 5) is 29.6. The number of hydrogen-bond acceptors (Lipinski definition) is 5. The van der Waals surface area contributed by atoms with Gasteiger partial charge in [-0.1, -0.05) is 36.4 Å². The number of piperazine rings is 1. The first kappa shape index (κ1) is 25.2. The van der Waals surface area contributed by atoms with Gasteiger partial charge in [-0.15, -0.1) is 0 Å². The molecule has 1 N–H and O–H groups in total. The van der Waals surface area contributed by atoms with Gasteiger partial charge >= 0.3 is 0 Å². The van der Waals surface area contributed by atoms with Crippen molar-refractivity contribution in [2.75, 3.05) is 51.8 Å². The molecule has 0 aromatic heterocycles. The van der Waals surface area contributed by atoms with Gasteiger partial charge in [0.1, 0.15) is 17.3 Å². The maximum atomic E-state index is 13.8. The largest absolute Gasteiger partial charge is 0.497 e. The van der Waals surface area contributed by atoms with Crippen LogP contribution in [-0.2, 0) is 11.2 Å². The quantitative estimate of drug-likeness (QED) is 0.492. The molecule has 2 amide bonds. The van der Waals surface area contributed by atoms with Gasteiger partial charge in [-0.05, 0) is 48.4 Å². The first-order valence-corrected chi connectivity index (χ1v) is 11.9. The Morgan fingerprint density at radius 1 is 0.917 bits per heavy atom. The zero-order valence-corrected chi connectivity index (χ0v) is 20.3. The number of hydrogen-bond donors (Lipinski definition) is 1. The minimum absolute atomic E-state index is 0.0836. The molecule has 0 radical (unpaired) electrons. The molecule has 1 aliphatic rings. The van der Waals surface area contributed by atoms with Gasteiger partial charge in [-0.3, -0.25) is 14.5 Å². The minimum atomic E-state index is -0.524. The Kier molecular flexibility index (Phi) is 8.52. The Bertz CT molecular complexity index is 1180. The number of anilines is 1. The van der Waals surface area contributed by atoms with E-state index in [0.717, 1.165) is 31.8 Å². The molecule has 7 nitrogen and oxygen atoms in total. The number of rotatable bonds is 9. The Labute approximate surface area is 210 Å². The summed E-state index contributed by atoms with van der Waals surface area (Å²) in [5.41, 5.74) is 1.74. The second-order valence-corrected chi connectivity index (χ2v) is 8.54. The van der Waals surface area contributed by atoms with Crippen molar-refractivity contribution in [2.24, 2.45) is 0 Å². The maximum Gasteiger partial charge on any atom is 0.262 e. The SMILES string of the molecule is COc1ccc(CCN2CCN(C(=O)c3ccccc3OCC(=O)Nc3ccccc3F)CC2)cc1. The van der Waals surface area contributed by atoms with Crippen LogP contribution < -0.4 is 14.8 Å². The molecular weight excluding hydrogens is 461 g/mol. The van der Waals surface area contributed by atoms with Gasteiger partial charge in [-0.2, -0.15) is 0 Å². The van der Waals surface area contributed by atoms with E-state index in [9.17, 15) is 14.0 Å². The van der Waals surface area contributed by atoms with E-state index in [1.54, 1.807) is 43.5 Å². The number of halogens is 1. The predicted molar refractivity (Wildman–Crippen MR) is 136 cm³/mol. The maximum absolute atomic E-state index is 13.8. The standard InChI is InChI=1S/C28H30FN3O4/c1-35-22-12-10-21(11-13-22)14-15-31-16-18-32(19-17-31)28(34)23-6-2-5-9-26(23)36-20-27(33)30-25-8-4-3-7-24(25)29/h2-13H,14-20H2,1H3,(H,30,33). The number of benzene rings is 3. The van der Waals surface area contributed by atoms with Crippen molar-refractivity contribution < 1.29 is 23.5 Å². The normalized spacial score (nSPS) is 13.8. The lowest BCUT2D eigenvalue weighted by molar-refractivity contribution is -0.118. The zero-order valence-electron chi connectivity index (χ0n) is 20.3. The highest BCUT2D eigenvalue weighted by atomic mass is 19.1. The van der Waals surface area contributed by atoms with Gasteiger partial charge < -0.3 is 19.7 Å². The number of carbonyl (C=O) groups is 2. The highest BCUT2D eigenvalue weighted by Gasteiger charge is 2.24. The second kappa shape index (κ2) is 12.2. The molecule has 3 aromatic carbocycles. The molecule has 0 aliphatic carbocycles. The zero-order chi connectivity index (χ0) is 25.3. The van der Waals surface area contributed by atoms with Crippen molar-refractivity contribution in [3.05, 3.63) is 89.7 Å². The summed E-state index contributed by atoms with van der Waals surface area (Å²) < 4.78 is 24.6. The van der Waals surface area contributed by atoms with Crippen molar-refractivity contribution in [2.45, 2.75) is 6.42 Å². The number of para-hydroxylation sites is 2. The molecule has 1 aliphatic heterocycles. The van der Waals surface area contributed by atoms with Gasteiger partial charge in [0.05, 0.1) is 18.4 Å². The molecule has 3 aromatic rings. The van der Waals surface area contributed by atoms with Crippen LogP contribution in [0.2, 0.25) is 0 Å². The number of ether oxygens (including phenoxy) is 2. The van der Waals surface area contributed by atoms with Crippen LogP contribution in [0.1, 0.15) is 15.9 Å². The molecule has 4 rings (SSSR count). The van der Waals surface area contributed by atoms with Crippen LogP contribution in [0, 0.1) is 5.82 Å². The summed E-state index contributed by atoms with van der Waals surface area (Å²) >= 11 is 0. The molecule has 8 heteroatoms. The number of carbonyl (C=O) groups excluding carboxylic acids is 2. The van der Waals surface area contributed by atoms with Crippen molar-refractivity contribution in [1.82, 2.24) is 9.80 Å². The molecular formula is C28H30FN3O4. The lowest BCUT2D eigenvalue weighted by atomic mass is 10.1. The Morgan fingerprint density at radius 3 is 2.33 bits per heavy atom. The number of nitrogens with zero attached hydrogens (tertiary/aromatic N) is 2. The van der Waals surface area contributed by atoms with Crippen LogP contribution in [0.25, 0.3) is 0 Å². The third kappa shape index (κ3) is 6.60. The average molecular weight is 492 g/mol. The van der Waals surface area contributed by atoms with Gasteiger partial charge in [0.2, 0.25) is 0 Å². The summed E-state index contributed by atoms with van der Waals surface area (Å²) in [6.45, 7) is 3.39. The smallest absolute Gasteiger partial charge is 0.262 e. The lowest BCUT2D eigenvalue weighted by Gasteiger charge is -2.35. The first-order chi connectivity index (χ1) is 17.5. The van der Waals surface area contributed by atoms with E-state index in [4.69, 9.17) is 9.47 Å². The van der Waals surface area contributed by atoms with Gasteiger partial charge in [0, 0.05) is 32.7 Å². The van der Waals surface area contributed by atoms with Gasteiger partial charge in [0.15, 0.2) is 6.61 Å². The molecule has 0 spiro atoms. The molecule has 0 bridgehead atoms. The van der Waals surface area contributed by atoms with Crippen molar-refractivity contribution in [1.29, 1.82) is 0 Å². The van der Waals surface area contributed by atoms with Gasteiger partial charge in [0.25, 0.3) is 11.8 Å². The third-order valence-electron chi connectivity index (χ3n) is 6.16. The van der Waals surface area contributed by atoms with Crippen molar-refractivity contribution in [3.63, 3.8) is 0 Å². The second-order valence-electron chi connectivity index (χ2n) is 8.54. The van der Waals surface area contributed by atoms with E-state index in [0.29, 0.717) is 24.4 Å². The van der Waals surface area contributed by atoms with Gasteiger partial charge in [-0.25, -0.2) is 4.39 Å². The topological polar surface area (TPSA) is 71.1 Å². The highest BCUT2D eigenvalue weighted by molar-refractivity contribution is 5.97. The summed E-state index contributed by atoms with van der Waals surface area (Å²) in [7, 11) is 1.66. The fraction of sp³-hybridized carbons (Fsp3) is 0.286. The molecule has 36 heavy (non-hydrogen) atoms. The molecule has 1 heterocycles. The summed E-state index contributed by atoms with van der Waals surface area (Å²) in [5, 5.41) is 2.48. The first-order valence-electron chi connectivity index (χ1n) is 11.9.